The van der Waals surface area contributed by atoms with Crippen LogP contribution in [-0.2, 0) is 7.05 Å². The van der Waals surface area contributed by atoms with E-state index < -0.39 is 11.6 Å². The highest BCUT2D eigenvalue weighted by Gasteiger charge is 2.21. The molecule has 0 radical (unpaired) electrons. The van der Waals surface area contributed by atoms with Gasteiger partial charge >= 0.3 is 0 Å². The Bertz CT molecular complexity index is 1040. The van der Waals surface area contributed by atoms with Crippen LogP contribution >= 0.6 is 0 Å². The van der Waals surface area contributed by atoms with Crippen LogP contribution in [0.25, 0.3) is 16.9 Å². The van der Waals surface area contributed by atoms with Crippen molar-refractivity contribution in [1.82, 2.24) is 14.2 Å². The molecule has 0 aliphatic heterocycles. The number of aromatic nitrogens is 3. The maximum atomic E-state index is 13.8. The molecule has 0 saturated carbocycles. The van der Waals surface area contributed by atoms with Crippen molar-refractivity contribution in [1.29, 1.82) is 0 Å². The first kappa shape index (κ1) is 17.1. The summed E-state index contributed by atoms with van der Waals surface area (Å²) >= 11 is 0. The number of hydrogen-bond donors (Lipinski definition) is 0. The van der Waals surface area contributed by atoms with Gasteiger partial charge < -0.3 is 4.74 Å². The molecule has 25 heavy (non-hydrogen) atoms. The van der Waals surface area contributed by atoms with Crippen LogP contribution in [0.3, 0.4) is 0 Å². The molecule has 3 rings (SSSR count). The minimum absolute atomic E-state index is 0.106. The number of rotatable bonds is 3. The molecule has 0 bridgehead atoms. The monoisotopic (exact) mass is 347 g/mol. The Morgan fingerprint density at radius 3 is 2.40 bits per heavy atom. The number of methoxy groups -OCH3 is 1. The predicted octanol–water partition coefficient (Wildman–Crippen LogP) is 3.42. The van der Waals surface area contributed by atoms with E-state index >= 15 is 0 Å². The topological polar surface area (TPSA) is 48.5 Å². The zero-order valence-corrected chi connectivity index (χ0v) is 14.7. The van der Waals surface area contributed by atoms with Crippen molar-refractivity contribution in [2.75, 3.05) is 7.11 Å². The molecule has 0 spiro atoms. The summed E-state index contributed by atoms with van der Waals surface area (Å²) in [6.45, 7) is 5.85. The minimum Gasteiger partial charge on any atom is -0.496 e. The van der Waals surface area contributed by atoms with Gasteiger partial charge in [0.25, 0.3) is 5.56 Å². The third-order valence-corrected chi connectivity index (χ3v) is 4.31. The van der Waals surface area contributed by atoms with E-state index in [1.54, 1.807) is 11.6 Å². The minimum atomic E-state index is -1.03. The molecule has 132 valence electrons. The number of ether oxygens (including phenoxy) is 1. The standard InChI is InChI=1S/C18H19F2N3O2/c1-9(2)11-6-10(3)23-16(11)18(24)22(4)17(21-23)12-7-13(19)14(20)8-15(12)25-5/h6-9H,1-5H3. The van der Waals surface area contributed by atoms with Crippen LogP contribution in [0.2, 0.25) is 0 Å². The average Bonchev–Trinajstić information content (AvgIpc) is 2.90. The fourth-order valence-corrected chi connectivity index (χ4v) is 2.96. The summed E-state index contributed by atoms with van der Waals surface area (Å²) in [5.74, 6) is -1.60. The lowest BCUT2D eigenvalue weighted by molar-refractivity contribution is 0.407. The van der Waals surface area contributed by atoms with E-state index in [2.05, 4.69) is 5.10 Å². The number of benzene rings is 1. The zero-order valence-electron chi connectivity index (χ0n) is 14.7. The molecule has 0 aliphatic carbocycles. The summed E-state index contributed by atoms with van der Waals surface area (Å²) in [6, 6.07) is 3.85. The Hall–Kier alpha value is -2.70. The van der Waals surface area contributed by atoms with Gasteiger partial charge in [0.05, 0.1) is 12.7 Å². The SMILES string of the molecule is COc1cc(F)c(F)cc1-c1nn2c(C)cc(C(C)C)c2c(=O)n1C. The Morgan fingerprint density at radius 2 is 1.80 bits per heavy atom. The summed E-state index contributed by atoms with van der Waals surface area (Å²) in [6.07, 6.45) is 0. The molecule has 2 heterocycles. The quantitative estimate of drug-likeness (QED) is 0.729. The van der Waals surface area contributed by atoms with Gasteiger partial charge in [0, 0.05) is 18.8 Å². The number of hydrogen-bond acceptors (Lipinski definition) is 3. The van der Waals surface area contributed by atoms with Gasteiger partial charge in [-0.15, -0.1) is 5.10 Å². The van der Waals surface area contributed by atoms with Gasteiger partial charge in [-0.3, -0.25) is 9.36 Å². The molecule has 0 amide bonds. The maximum absolute atomic E-state index is 13.8. The van der Waals surface area contributed by atoms with Crippen LogP contribution in [0.15, 0.2) is 23.0 Å². The molecule has 0 unspecified atom stereocenters. The fraction of sp³-hybridized carbons (Fsp3) is 0.333. The first-order valence-electron chi connectivity index (χ1n) is 7.89. The molecule has 7 heteroatoms. The Labute approximate surface area is 143 Å². The van der Waals surface area contributed by atoms with Crippen molar-refractivity contribution in [2.45, 2.75) is 26.7 Å². The van der Waals surface area contributed by atoms with Gasteiger partial charge in [-0.2, -0.15) is 0 Å². The molecule has 0 N–H and O–H groups in total. The molecule has 0 fully saturated rings. The highest BCUT2D eigenvalue weighted by Crippen LogP contribution is 2.31. The van der Waals surface area contributed by atoms with Gasteiger partial charge in [0.2, 0.25) is 0 Å². The first-order chi connectivity index (χ1) is 11.8. The van der Waals surface area contributed by atoms with Crippen molar-refractivity contribution in [2.24, 2.45) is 7.05 Å². The second-order valence-electron chi connectivity index (χ2n) is 6.31. The van der Waals surface area contributed by atoms with Crippen molar-refractivity contribution < 1.29 is 13.5 Å². The highest BCUT2D eigenvalue weighted by atomic mass is 19.2. The molecule has 3 aromatic rings. The van der Waals surface area contributed by atoms with Crippen molar-refractivity contribution in [3.8, 4) is 17.1 Å². The molecule has 2 aromatic heterocycles. The lowest BCUT2D eigenvalue weighted by atomic mass is 10.1. The van der Waals surface area contributed by atoms with E-state index in [4.69, 9.17) is 4.74 Å². The van der Waals surface area contributed by atoms with Crippen molar-refractivity contribution in [3.05, 3.63) is 51.4 Å². The second-order valence-corrected chi connectivity index (χ2v) is 6.31. The van der Waals surface area contributed by atoms with Gasteiger partial charge in [0.15, 0.2) is 17.5 Å². The van der Waals surface area contributed by atoms with Crippen LogP contribution in [-0.4, -0.2) is 21.3 Å². The number of fused-ring (bicyclic) bond motifs is 1. The molecule has 0 atom stereocenters. The van der Waals surface area contributed by atoms with E-state index in [1.807, 2.05) is 26.8 Å². The Kier molecular flexibility index (Phi) is 4.10. The van der Waals surface area contributed by atoms with Crippen LogP contribution in [0.5, 0.6) is 5.75 Å². The molecular weight excluding hydrogens is 328 g/mol. The Morgan fingerprint density at radius 1 is 1.16 bits per heavy atom. The van der Waals surface area contributed by atoms with Crippen LogP contribution in [0.4, 0.5) is 8.78 Å². The third-order valence-electron chi connectivity index (χ3n) is 4.31. The van der Waals surface area contributed by atoms with Gasteiger partial charge in [-0.05, 0) is 30.5 Å². The van der Waals surface area contributed by atoms with E-state index in [-0.39, 0.29) is 28.6 Å². The fourth-order valence-electron chi connectivity index (χ4n) is 2.96. The van der Waals surface area contributed by atoms with Crippen molar-refractivity contribution >= 4 is 5.52 Å². The van der Waals surface area contributed by atoms with Crippen LogP contribution < -0.4 is 10.3 Å². The lowest BCUT2D eigenvalue weighted by Crippen LogP contribution is -2.24. The Balaban J connectivity index is 2.40. The van der Waals surface area contributed by atoms with E-state index in [9.17, 15) is 13.6 Å². The summed E-state index contributed by atoms with van der Waals surface area (Å²) in [4.78, 5) is 12.9. The second kappa shape index (κ2) is 5.98. The molecule has 0 aliphatic rings. The first-order valence-corrected chi connectivity index (χ1v) is 7.89. The van der Waals surface area contributed by atoms with E-state index in [0.29, 0.717) is 5.52 Å². The van der Waals surface area contributed by atoms with Crippen molar-refractivity contribution in [3.63, 3.8) is 0 Å². The van der Waals surface area contributed by atoms with E-state index in [0.717, 1.165) is 23.4 Å². The summed E-state index contributed by atoms with van der Waals surface area (Å²) in [7, 11) is 2.91. The predicted molar refractivity (Wildman–Crippen MR) is 91.2 cm³/mol. The van der Waals surface area contributed by atoms with Gasteiger partial charge in [-0.25, -0.2) is 13.3 Å². The molecule has 5 nitrogen and oxygen atoms in total. The summed E-state index contributed by atoms with van der Waals surface area (Å²) in [5.41, 5.74) is 2.13. The molecule has 1 aromatic carbocycles. The molecule has 0 saturated heterocycles. The normalized spacial score (nSPS) is 11.5. The van der Waals surface area contributed by atoms with Gasteiger partial charge in [0.1, 0.15) is 11.3 Å². The average molecular weight is 347 g/mol. The third kappa shape index (κ3) is 2.59. The lowest BCUT2D eigenvalue weighted by Gasteiger charge is -2.13. The number of nitrogens with zero attached hydrogens (tertiary/aromatic N) is 3. The maximum Gasteiger partial charge on any atom is 0.278 e. The number of aryl methyl sites for hydroxylation is 1. The van der Waals surface area contributed by atoms with E-state index in [1.165, 1.54) is 11.7 Å². The smallest absolute Gasteiger partial charge is 0.278 e. The number of halogens is 2. The van der Waals surface area contributed by atoms with Gasteiger partial charge in [-0.1, -0.05) is 13.8 Å². The zero-order chi connectivity index (χ0) is 18.5. The van der Waals surface area contributed by atoms with Crippen LogP contribution in [0.1, 0.15) is 31.0 Å². The largest absolute Gasteiger partial charge is 0.496 e. The summed E-state index contributed by atoms with van der Waals surface area (Å²) in [5, 5.41) is 4.50. The highest BCUT2D eigenvalue weighted by molar-refractivity contribution is 5.66. The van der Waals surface area contributed by atoms with Crippen LogP contribution in [0, 0.1) is 18.6 Å². The molecular formula is C18H19F2N3O2. The summed E-state index contributed by atoms with van der Waals surface area (Å²) < 4.78 is 35.3.